The summed E-state index contributed by atoms with van der Waals surface area (Å²) < 4.78 is 29.7. The summed E-state index contributed by atoms with van der Waals surface area (Å²) in [5.41, 5.74) is 1.77. The third kappa shape index (κ3) is 5.03. The first-order chi connectivity index (χ1) is 16.5. The van der Waals surface area contributed by atoms with Crippen LogP contribution in [0.15, 0.2) is 66.7 Å². The summed E-state index contributed by atoms with van der Waals surface area (Å²) in [4.78, 5) is 27.3. The molecule has 0 aromatic heterocycles. The van der Waals surface area contributed by atoms with E-state index in [0.29, 0.717) is 34.9 Å². The molecule has 0 spiro atoms. The first kappa shape index (κ1) is 23.3. The summed E-state index contributed by atoms with van der Waals surface area (Å²) in [5, 5.41) is 0. The van der Waals surface area contributed by atoms with Gasteiger partial charge >= 0.3 is 0 Å². The van der Waals surface area contributed by atoms with Crippen LogP contribution in [0.5, 0.6) is 17.2 Å². The molecule has 1 heterocycles. The van der Waals surface area contributed by atoms with Gasteiger partial charge in [-0.2, -0.15) is 0 Å². The molecule has 1 atom stereocenters. The Bertz CT molecular complexity index is 1160. The Morgan fingerprint density at radius 1 is 0.912 bits per heavy atom. The van der Waals surface area contributed by atoms with Crippen LogP contribution in [0, 0.1) is 5.82 Å². The minimum atomic E-state index is -0.393. The molecule has 0 saturated carbocycles. The van der Waals surface area contributed by atoms with Gasteiger partial charge in [-0.1, -0.05) is 0 Å². The maximum Gasteiger partial charge on any atom is 0.261 e. The fraction of sp³-hybridized carbons (Fsp3) is 0.259. The van der Waals surface area contributed by atoms with Crippen molar-refractivity contribution in [3.05, 3.63) is 89.2 Å². The van der Waals surface area contributed by atoms with Gasteiger partial charge in [0.15, 0.2) is 12.4 Å². The third-order valence-electron chi connectivity index (χ3n) is 5.95. The molecule has 4 rings (SSSR count). The topological polar surface area (TPSA) is 65.1 Å². The van der Waals surface area contributed by atoms with Gasteiger partial charge in [-0.3, -0.25) is 9.59 Å². The molecule has 1 aliphatic heterocycles. The zero-order chi connectivity index (χ0) is 24.1. The second-order valence-electron chi connectivity index (χ2n) is 8.00. The van der Waals surface area contributed by atoms with Gasteiger partial charge in [0.25, 0.3) is 5.91 Å². The summed E-state index contributed by atoms with van der Waals surface area (Å²) in [6, 6.07) is 17.4. The predicted molar refractivity (Wildman–Crippen MR) is 125 cm³/mol. The molecule has 0 bridgehead atoms. The van der Waals surface area contributed by atoms with Crippen LogP contribution < -0.4 is 14.2 Å². The largest absolute Gasteiger partial charge is 0.497 e. The number of hydrogen-bond acceptors (Lipinski definition) is 5. The summed E-state index contributed by atoms with van der Waals surface area (Å²) in [7, 11) is 3.22. The first-order valence-electron chi connectivity index (χ1n) is 11.0. The minimum Gasteiger partial charge on any atom is -0.497 e. The minimum absolute atomic E-state index is 0.114. The van der Waals surface area contributed by atoms with Crippen molar-refractivity contribution >= 4 is 11.7 Å². The molecule has 0 N–H and O–H groups in total. The molecule has 7 heteroatoms. The number of likely N-dealkylation sites (tertiary alicyclic amines) is 1. The fourth-order valence-corrected chi connectivity index (χ4v) is 4.19. The fourth-order valence-electron chi connectivity index (χ4n) is 4.19. The second kappa shape index (κ2) is 10.4. The van der Waals surface area contributed by atoms with E-state index in [2.05, 4.69) is 0 Å². The summed E-state index contributed by atoms with van der Waals surface area (Å²) in [6.07, 6.45) is 1.71. The molecule has 0 radical (unpaired) electrons. The molecular formula is C27H26FNO5. The Kier molecular flexibility index (Phi) is 7.11. The highest BCUT2D eigenvalue weighted by atomic mass is 19.1. The highest BCUT2D eigenvalue weighted by Crippen LogP contribution is 2.39. The van der Waals surface area contributed by atoms with Crippen molar-refractivity contribution in [2.75, 3.05) is 27.4 Å². The number of rotatable bonds is 8. The Balaban J connectivity index is 1.40. The number of amides is 1. The van der Waals surface area contributed by atoms with Gasteiger partial charge in [0.05, 0.1) is 20.3 Å². The highest BCUT2D eigenvalue weighted by Gasteiger charge is 2.32. The van der Waals surface area contributed by atoms with Crippen LogP contribution in [0.25, 0.3) is 0 Å². The number of carbonyl (C=O) groups is 2. The number of methoxy groups -OCH3 is 2. The Morgan fingerprint density at radius 3 is 2.21 bits per heavy atom. The zero-order valence-corrected chi connectivity index (χ0v) is 19.1. The highest BCUT2D eigenvalue weighted by molar-refractivity contribution is 6.09. The maximum absolute atomic E-state index is 13.1. The van der Waals surface area contributed by atoms with Crippen molar-refractivity contribution in [1.82, 2.24) is 4.90 Å². The van der Waals surface area contributed by atoms with E-state index in [1.807, 2.05) is 23.1 Å². The van der Waals surface area contributed by atoms with E-state index < -0.39 is 5.82 Å². The van der Waals surface area contributed by atoms with E-state index in [9.17, 15) is 14.0 Å². The standard InChI is InChI=1S/C27H26FNO5/c1-32-22-13-14-25(33-2)23(16-22)24-4-3-15-29(24)26(30)17-34-21-11-7-19(8-12-21)27(31)18-5-9-20(28)10-6-18/h5-14,16,24H,3-4,15,17H2,1-2H3. The van der Waals surface area contributed by atoms with Gasteiger partial charge in [0, 0.05) is 23.2 Å². The molecule has 0 aliphatic carbocycles. The third-order valence-corrected chi connectivity index (χ3v) is 5.95. The Labute approximate surface area is 197 Å². The van der Waals surface area contributed by atoms with Gasteiger partial charge in [-0.25, -0.2) is 4.39 Å². The van der Waals surface area contributed by atoms with E-state index in [1.165, 1.54) is 24.3 Å². The van der Waals surface area contributed by atoms with Crippen LogP contribution >= 0.6 is 0 Å². The van der Waals surface area contributed by atoms with Gasteiger partial charge in [-0.05, 0) is 79.6 Å². The number of hydrogen-bond donors (Lipinski definition) is 0. The number of ether oxygens (including phenoxy) is 3. The van der Waals surface area contributed by atoms with Crippen molar-refractivity contribution in [1.29, 1.82) is 0 Å². The number of halogens is 1. The quantitative estimate of drug-likeness (QED) is 0.449. The van der Waals surface area contributed by atoms with Crippen molar-refractivity contribution < 1.29 is 28.2 Å². The number of benzene rings is 3. The molecule has 34 heavy (non-hydrogen) atoms. The molecule has 176 valence electrons. The lowest BCUT2D eigenvalue weighted by molar-refractivity contribution is -0.134. The van der Waals surface area contributed by atoms with Gasteiger partial charge in [0.1, 0.15) is 23.1 Å². The van der Waals surface area contributed by atoms with Gasteiger partial charge in [0.2, 0.25) is 0 Å². The molecule has 1 saturated heterocycles. The van der Waals surface area contributed by atoms with E-state index in [4.69, 9.17) is 14.2 Å². The second-order valence-corrected chi connectivity index (χ2v) is 8.00. The molecule has 3 aromatic rings. The van der Waals surface area contributed by atoms with E-state index in [0.717, 1.165) is 18.4 Å². The SMILES string of the molecule is COc1ccc(OC)c(C2CCCN2C(=O)COc2ccc(C(=O)c3ccc(F)cc3)cc2)c1. The van der Waals surface area contributed by atoms with Gasteiger partial charge in [-0.15, -0.1) is 0 Å². The van der Waals surface area contributed by atoms with Crippen LogP contribution in [0.1, 0.15) is 40.4 Å². The number of carbonyl (C=O) groups excluding carboxylic acids is 2. The molecular weight excluding hydrogens is 437 g/mol. The van der Waals surface area contributed by atoms with Crippen molar-refractivity contribution in [2.24, 2.45) is 0 Å². The van der Waals surface area contributed by atoms with Crippen LogP contribution in [0.3, 0.4) is 0 Å². The maximum atomic E-state index is 13.1. The molecule has 6 nitrogen and oxygen atoms in total. The monoisotopic (exact) mass is 463 g/mol. The molecule has 1 aliphatic rings. The van der Waals surface area contributed by atoms with Crippen LogP contribution in [-0.2, 0) is 4.79 Å². The van der Waals surface area contributed by atoms with Crippen LogP contribution in [0.2, 0.25) is 0 Å². The summed E-state index contributed by atoms with van der Waals surface area (Å²) >= 11 is 0. The average Bonchev–Trinajstić information content (AvgIpc) is 3.37. The summed E-state index contributed by atoms with van der Waals surface area (Å²) in [5.74, 6) is 1.18. The van der Waals surface area contributed by atoms with Crippen LogP contribution in [0.4, 0.5) is 4.39 Å². The van der Waals surface area contributed by atoms with Crippen molar-refractivity contribution in [2.45, 2.75) is 18.9 Å². The lowest BCUT2D eigenvalue weighted by atomic mass is 10.0. The molecule has 1 fully saturated rings. The first-order valence-corrected chi connectivity index (χ1v) is 11.0. The van der Waals surface area contributed by atoms with Crippen LogP contribution in [-0.4, -0.2) is 44.0 Å². The average molecular weight is 464 g/mol. The van der Waals surface area contributed by atoms with E-state index >= 15 is 0 Å². The predicted octanol–water partition coefficient (Wildman–Crippen LogP) is 4.82. The zero-order valence-electron chi connectivity index (χ0n) is 19.1. The molecule has 1 amide bonds. The van der Waals surface area contributed by atoms with Gasteiger partial charge < -0.3 is 19.1 Å². The number of ketones is 1. The normalized spacial score (nSPS) is 15.1. The molecule has 3 aromatic carbocycles. The lowest BCUT2D eigenvalue weighted by Gasteiger charge is -2.26. The van der Waals surface area contributed by atoms with Crippen molar-refractivity contribution in [3.63, 3.8) is 0 Å². The van der Waals surface area contributed by atoms with E-state index in [1.54, 1.807) is 38.5 Å². The summed E-state index contributed by atoms with van der Waals surface area (Å²) in [6.45, 7) is 0.520. The lowest BCUT2D eigenvalue weighted by Crippen LogP contribution is -2.34. The van der Waals surface area contributed by atoms with Crippen molar-refractivity contribution in [3.8, 4) is 17.2 Å². The smallest absolute Gasteiger partial charge is 0.261 e. The Hall–Kier alpha value is -3.87. The van der Waals surface area contributed by atoms with E-state index in [-0.39, 0.29) is 24.3 Å². The Morgan fingerprint density at radius 2 is 1.56 bits per heavy atom. The molecule has 1 unspecified atom stereocenters. The number of nitrogens with zero attached hydrogens (tertiary/aromatic N) is 1.